The number of nitrogens with zero attached hydrogens (tertiary/aromatic N) is 1. The topological polar surface area (TPSA) is 66.5 Å². The van der Waals surface area contributed by atoms with Gasteiger partial charge in [-0.15, -0.1) is 0 Å². The van der Waals surface area contributed by atoms with Crippen LogP contribution in [0.3, 0.4) is 0 Å². The number of nitrogens with one attached hydrogen (secondary N) is 1. The SMILES string of the molecule is C[C@@H](NC(=O)c1ccc(CN2C(=O)CCC2=O)cc1)c1ccc(Cl)c(Cl)c1. The van der Waals surface area contributed by atoms with Gasteiger partial charge in [0, 0.05) is 18.4 Å². The molecule has 1 saturated heterocycles. The highest BCUT2D eigenvalue weighted by molar-refractivity contribution is 6.42. The van der Waals surface area contributed by atoms with Crippen LogP contribution < -0.4 is 5.32 Å². The smallest absolute Gasteiger partial charge is 0.251 e. The molecule has 27 heavy (non-hydrogen) atoms. The summed E-state index contributed by atoms with van der Waals surface area (Å²) in [4.78, 5) is 37.1. The Morgan fingerprint density at radius 2 is 1.67 bits per heavy atom. The monoisotopic (exact) mass is 404 g/mol. The predicted octanol–water partition coefficient (Wildman–Crippen LogP) is 4.13. The molecule has 2 aromatic rings. The summed E-state index contributed by atoms with van der Waals surface area (Å²) >= 11 is 11.9. The molecule has 1 aliphatic rings. The Hall–Kier alpha value is -2.37. The zero-order valence-corrected chi connectivity index (χ0v) is 16.2. The van der Waals surface area contributed by atoms with Crippen LogP contribution in [-0.4, -0.2) is 22.6 Å². The van der Waals surface area contributed by atoms with Crippen molar-refractivity contribution in [3.8, 4) is 0 Å². The lowest BCUT2D eigenvalue weighted by molar-refractivity contribution is -0.139. The first-order chi connectivity index (χ1) is 12.8. The van der Waals surface area contributed by atoms with Gasteiger partial charge in [-0.25, -0.2) is 0 Å². The van der Waals surface area contributed by atoms with Crippen LogP contribution in [0.4, 0.5) is 0 Å². The maximum Gasteiger partial charge on any atom is 0.251 e. The third-order valence-corrected chi connectivity index (χ3v) is 5.24. The Bertz CT molecular complexity index is 881. The van der Waals surface area contributed by atoms with E-state index in [0.717, 1.165) is 11.1 Å². The summed E-state index contributed by atoms with van der Waals surface area (Å²) in [6.07, 6.45) is 0.540. The number of halogens is 2. The number of benzene rings is 2. The first-order valence-electron chi connectivity index (χ1n) is 8.53. The lowest BCUT2D eigenvalue weighted by Gasteiger charge is -2.16. The molecule has 140 valence electrons. The molecule has 1 heterocycles. The molecule has 2 aromatic carbocycles. The predicted molar refractivity (Wildman–Crippen MR) is 104 cm³/mol. The van der Waals surface area contributed by atoms with Gasteiger partial charge in [0.05, 0.1) is 22.6 Å². The number of carbonyl (C=O) groups is 3. The van der Waals surface area contributed by atoms with Gasteiger partial charge >= 0.3 is 0 Å². The third kappa shape index (κ3) is 4.49. The standard InChI is InChI=1S/C20H18Cl2N2O3/c1-12(15-6-7-16(21)17(22)10-15)23-20(27)14-4-2-13(3-5-14)11-24-18(25)8-9-19(24)26/h2-7,10,12H,8-9,11H2,1H3,(H,23,27)/t12-/m1/s1. The number of hydrogen-bond donors (Lipinski definition) is 1. The van der Waals surface area contributed by atoms with E-state index >= 15 is 0 Å². The van der Waals surface area contributed by atoms with Crippen LogP contribution in [-0.2, 0) is 16.1 Å². The van der Waals surface area contributed by atoms with E-state index < -0.39 is 0 Å². The van der Waals surface area contributed by atoms with Crippen molar-refractivity contribution in [2.24, 2.45) is 0 Å². The Labute approximate surface area is 167 Å². The second-order valence-electron chi connectivity index (χ2n) is 6.44. The van der Waals surface area contributed by atoms with Gasteiger partial charge in [0.2, 0.25) is 11.8 Å². The normalized spacial score (nSPS) is 15.1. The summed E-state index contributed by atoms with van der Waals surface area (Å²) in [5.41, 5.74) is 2.14. The average molecular weight is 405 g/mol. The van der Waals surface area contributed by atoms with Gasteiger partial charge in [-0.1, -0.05) is 41.4 Å². The molecule has 7 heteroatoms. The van der Waals surface area contributed by atoms with Crippen molar-refractivity contribution in [1.82, 2.24) is 10.2 Å². The first-order valence-corrected chi connectivity index (χ1v) is 9.28. The molecule has 3 amide bonds. The van der Waals surface area contributed by atoms with Crippen LogP contribution in [0.1, 0.15) is 47.3 Å². The van der Waals surface area contributed by atoms with Crippen LogP contribution in [0.2, 0.25) is 10.0 Å². The third-order valence-electron chi connectivity index (χ3n) is 4.50. The van der Waals surface area contributed by atoms with Crippen LogP contribution in [0.5, 0.6) is 0 Å². The minimum absolute atomic E-state index is 0.155. The van der Waals surface area contributed by atoms with Gasteiger partial charge in [0.1, 0.15) is 0 Å². The fourth-order valence-electron chi connectivity index (χ4n) is 2.89. The molecule has 1 atom stereocenters. The van der Waals surface area contributed by atoms with Crippen molar-refractivity contribution >= 4 is 40.9 Å². The summed E-state index contributed by atoms with van der Waals surface area (Å²) in [7, 11) is 0. The number of likely N-dealkylation sites (tertiary alicyclic amines) is 1. The van der Waals surface area contributed by atoms with Gasteiger partial charge in [0.25, 0.3) is 5.91 Å². The van der Waals surface area contributed by atoms with Crippen molar-refractivity contribution in [2.75, 3.05) is 0 Å². The fraction of sp³-hybridized carbons (Fsp3) is 0.250. The van der Waals surface area contributed by atoms with Crippen molar-refractivity contribution in [1.29, 1.82) is 0 Å². The van der Waals surface area contributed by atoms with E-state index in [1.54, 1.807) is 36.4 Å². The summed E-state index contributed by atoms with van der Waals surface area (Å²) < 4.78 is 0. The maximum absolute atomic E-state index is 12.5. The van der Waals surface area contributed by atoms with Crippen LogP contribution in [0.15, 0.2) is 42.5 Å². The Morgan fingerprint density at radius 3 is 2.26 bits per heavy atom. The molecule has 0 aliphatic carbocycles. The molecule has 5 nitrogen and oxygen atoms in total. The highest BCUT2D eigenvalue weighted by atomic mass is 35.5. The van der Waals surface area contributed by atoms with Crippen molar-refractivity contribution in [2.45, 2.75) is 32.4 Å². The molecule has 0 saturated carbocycles. The molecule has 3 rings (SSSR count). The first kappa shape index (κ1) is 19.4. The Kier molecular flexibility index (Phi) is 5.82. The van der Waals surface area contributed by atoms with E-state index in [1.807, 2.05) is 13.0 Å². The second kappa shape index (κ2) is 8.11. The van der Waals surface area contributed by atoms with Crippen molar-refractivity contribution in [3.05, 3.63) is 69.2 Å². The molecular formula is C20H18Cl2N2O3. The summed E-state index contributed by atoms with van der Waals surface area (Å²) in [6, 6.07) is 11.8. The number of hydrogen-bond acceptors (Lipinski definition) is 3. The molecule has 0 unspecified atom stereocenters. The molecule has 0 aromatic heterocycles. The fourth-order valence-corrected chi connectivity index (χ4v) is 3.19. The molecule has 0 bridgehead atoms. The van der Waals surface area contributed by atoms with E-state index in [0.29, 0.717) is 15.6 Å². The molecule has 0 radical (unpaired) electrons. The quantitative estimate of drug-likeness (QED) is 0.761. The summed E-state index contributed by atoms with van der Waals surface area (Å²) in [5, 5.41) is 3.80. The number of amides is 3. The lowest BCUT2D eigenvalue weighted by Crippen LogP contribution is -2.28. The van der Waals surface area contributed by atoms with E-state index in [4.69, 9.17) is 23.2 Å². The molecule has 0 spiro atoms. The molecule has 1 aliphatic heterocycles. The molecular weight excluding hydrogens is 387 g/mol. The van der Waals surface area contributed by atoms with Gasteiger partial charge in [-0.3, -0.25) is 19.3 Å². The molecule has 1 fully saturated rings. The molecule has 1 N–H and O–H groups in total. The van der Waals surface area contributed by atoms with E-state index in [2.05, 4.69) is 5.32 Å². The number of imide groups is 1. The summed E-state index contributed by atoms with van der Waals surface area (Å²) in [6.45, 7) is 2.09. The number of carbonyl (C=O) groups excluding carboxylic acids is 3. The average Bonchev–Trinajstić information content (AvgIpc) is 2.96. The largest absolute Gasteiger partial charge is 0.346 e. The highest BCUT2D eigenvalue weighted by Crippen LogP contribution is 2.25. The van der Waals surface area contributed by atoms with Gasteiger partial charge < -0.3 is 5.32 Å². The van der Waals surface area contributed by atoms with Crippen molar-refractivity contribution < 1.29 is 14.4 Å². The van der Waals surface area contributed by atoms with Gasteiger partial charge in [0.15, 0.2) is 0 Å². The second-order valence-corrected chi connectivity index (χ2v) is 7.25. The minimum atomic E-state index is -0.244. The zero-order valence-electron chi connectivity index (χ0n) is 14.7. The van der Waals surface area contributed by atoms with Gasteiger partial charge in [-0.05, 0) is 42.3 Å². The minimum Gasteiger partial charge on any atom is -0.346 e. The van der Waals surface area contributed by atoms with Crippen LogP contribution >= 0.6 is 23.2 Å². The Morgan fingerprint density at radius 1 is 1.04 bits per heavy atom. The van der Waals surface area contributed by atoms with Crippen molar-refractivity contribution in [3.63, 3.8) is 0 Å². The van der Waals surface area contributed by atoms with E-state index in [9.17, 15) is 14.4 Å². The highest BCUT2D eigenvalue weighted by Gasteiger charge is 2.28. The van der Waals surface area contributed by atoms with E-state index in [-0.39, 0.29) is 43.1 Å². The van der Waals surface area contributed by atoms with E-state index in [1.165, 1.54) is 4.90 Å². The zero-order chi connectivity index (χ0) is 19.6. The maximum atomic E-state index is 12.5. The summed E-state index contributed by atoms with van der Waals surface area (Å²) in [5.74, 6) is -0.539. The van der Waals surface area contributed by atoms with Gasteiger partial charge in [-0.2, -0.15) is 0 Å². The Balaban J connectivity index is 1.64. The van der Waals surface area contributed by atoms with Crippen LogP contribution in [0.25, 0.3) is 0 Å². The number of rotatable bonds is 5. The van der Waals surface area contributed by atoms with Crippen LogP contribution in [0, 0.1) is 0 Å². The lowest BCUT2D eigenvalue weighted by atomic mass is 10.1.